The molecule has 5 nitrogen and oxygen atoms in total. The molecule has 0 aromatic heterocycles. The van der Waals surface area contributed by atoms with Gasteiger partial charge in [-0.2, -0.15) is 13.2 Å². The van der Waals surface area contributed by atoms with E-state index in [9.17, 15) is 27.9 Å². The Hall–Kier alpha value is -1.31. The number of halogens is 3. The SMILES string of the molecule is C[N+](C)(CCCNC(=O)C(F)(F)F)CC(=O)[O-]. The van der Waals surface area contributed by atoms with Gasteiger partial charge in [0.15, 0.2) is 0 Å². The van der Waals surface area contributed by atoms with Gasteiger partial charge >= 0.3 is 12.1 Å². The van der Waals surface area contributed by atoms with E-state index in [0.717, 1.165) is 0 Å². The number of carbonyl (C=O) groups excluding carboxylic acids is 2. The molecule has 0 aliphatic rings. The molecule has 0 bridgehead atoms. The lowest BCUT2D eigenvalue weighted by molar-refractivity contribution is -0.884. The summed E-state index contributed by atoms with van der Waals surface area (Å²) in [6.45, 7) is -0.0492. The highest BCUT2D eigenvalue weighted by molar-refractivity contribution is 5.81. The maximum Gasteiger partial charge on any atom is 0.471 e. The van der Waals surface area contributed by atoms with E-state index in [1.165, 1.54) is 0 Å². The summed E-state index contributed by atoms with van der Waals surface area (Å²) in [6, 6.07) is 0. The number of hydrogen-bond donors (Lipinski definition) is 1. The Kier molecular flexibility index (Phi) is 5.40. The van der Waals surface area contributed by atoms with Crippen LogP contribution < -0.4 is 10.4 Å². The van der Waals surface area contributed by atoms with E-state index in [0.29, 0.717) is 6.54 Å². The highest BCUT2D eigenvalue weighted by Crippen LogP contribution is 2.13. The molecule has 0 aliphatic carbocycles. The van der Waals surface area contributed by atoms with E-state index < -0.39 is 18.1 Å². The third kappa shape index (κ3) is 7.56. The fraction of sp³-hybridized carbons (Fsp3) is 0.778. The Balaban J connectivity index is 3.86. The normalized spacial score (nSPS) is 12.3. The van der Waals surface area contributed by atoms with Crippen molar-refractivity contribution in [3.8, 4) is 0 Å². The number of aliphatic carboxylic acids is 1. The van der Waals surface area contributed by atoms with Gasteiger partial charge in [0.25, 0.3) is 0 Å². The molecule has 0 aromatic rings. The van der Waals surface area contributed by atoms with Crippen LogP contribution in [0.15, 0.2) is 0 Å². The third-order valence-corrected chi connectivity index (χ3v) is 2.04. The zero-order chi connectivity index (χ0) is 13.7. The van der Waals surface area contributed by atoms with Crippen LogP contribution in [-0.4, -0.2) is 56.3 Å². The molecule has 0 rings (SSSR count). The molecule has 1 amide bonds. The quantitative estimate of drug-likeness (QED) is 0.483. The number of rotatable bonds is 6. The van der Waals surface area contributed by atoms with E-state index in [1.807, 2.05) is 0 Å². The number of nitrogens with one attached hydrogen (secondary N) is 1. The number of carbonyl (C=O) groups is 2. The van der Waals surface area contributed by atoms with Gasteiger partial charge in [0.2, 0.25) is 0 Å². The van der Waals surface area contributed by atoms with Crippen LogP contribution >= 0.6 is 0 Å². The summed E-state index contributed by atoms with van der Waals surface area (Å²) in [7, 11) is 3.22. The number of carboxylic acids is 1. The van der Waals surface area contributed by atoms with Gasteiger partial charge in [-0.25, -0.2) is 0 Å². The van der Waals surface area contributed by atoms with Crippen LogP contribution in [0.3, 0.4) is 0 Å². The molecule has 0 heterocycles. The van der Waals surface area contributed by atoms with E-state index >= 15 is 0 Å². The van der Waals surface area contributed by atoms with Crippen molar-refractivity contribution in [1.82, 2.24) is 5.32 Å². The Labute approximate surface area is 96.8 Å². The molecule has 100 valence electrons. The molecular formula is C9H15F3N2O3. The molecule has 0 saturated heterocycles. The van der Waals surface area contributed by atoms with Crippen molar-refractivity contribution >= 4 is 11.9 Å². The first-order valence-electron chi connectivity index (χ1n) is 4.91. The first-order chi connectivity index (χ1) is 7.54. The summed E-state index contributed by atoms with van der Waals surface area (Å²) in [5.41, 5.74) is 0. The molecule has 0 radical (unpaired) electrons. The van der Waals surface area contributed by atoms with Gasteiger partial charge in [0.1, 0.15) is 6.54 Å². The van der Waals surface area contributed by atoms with Crippen LogP contribution in [-0.2, 0) is 9.59 Å². The predicted molar refractivity (Wildman–Crippen MR) is 50.5 cm³/mol. The summed E-state index contributed by atoms with van der Waals surface area (Å²) in [4.78, 5) is 20.8. The minimum absolute atomic E-state index is 0.0875. The Morgan fingerprint density at radius 2 is 1.82 bits per heavy atom. The van der Waals surface area contributed by atoms with E-state index in [1.54, 1.807) is 19.4 Å². The molecule has 0 atom stereocenters. The molecule has 0 unspecified atom stereocenters. The van der Waals surface area contributed by atoms with Gasteiger partial charge < -0.3 is 19.7 Å². The molecule has 0 saturated carbocycles. The van der Waals surface area contributed by atoms with Gasteiger partial charge in [-0.15, -0.1) is 0 Å². The maximum absolute atomic E-state index is 11.8. The van der Waals surface area contributed by atoms with Crippen molar-refractivity contribution in [2.45, 2.75) is 12.6 Å². The molecule has 0 fully saturated rings. The third-order valence-electron chi connectivity index (χ3n) is 2.04. The predicted octanol–water partition coefficient (Wildman–Crippen LogP) is -1.12. The average molecular weight is 256 g/mol. The highest BCUT2D eigenvalue weighted by Gasteiger charge is 2.38. The highest BCUT2D eigenvalue weighted by atomic mass is 19.4. The average Bonchev–Trinajstić information content (AvgIpc) is 2.08. The Bertz CT molecular complexity index is 290. The number of amides is 1. The first-order valence-corrected chi connectivity index (χ1v) is 4.91. The van der Waals surface area contributed by atoms with Crippen molar-refractivity contribution in [3.05, 3.63) is 0 Å². The zero-order valence-corrected chi connectivity index (χ0v) is 9.63. The van der Waals surface area contributed by atoms with Crippen LogP contribution in [0.4, 0.5) is 13.2 Å². The van der Waals surface area contributed by atoms with Crippen molar-refractivity contribution < 1.29 is 32.3 Å². The van der Waals surface area contributed by atoms with Gasteiger partial charge in [0, 0.05) is 13.0 Å². The second-order valence-electron chi connectivity index (χ2n) is 4.30. The van der Waals surface area contributed by atoms with E-state index in [2.05, 4.69) is 0 Å². The van der Waals surface area contributed by atoms with Crippen molar-refractivity contribution in [2.24, 2.45) is 0 Å². The fourth-order valence-corrected chi connectivity index (χ4v) is 1.24. The summed E-state index contributed by atoms with van der Waals surface area (Å²) < 4.78 is 35.4. The van der Waals surface area contributed by atoms with Crippen LogP contribution in [0.1, 0.15) is 6.42 Å². The van der Waals surface area contributed by atoms with Crippen LogP contribution in [0.25, 0.3) is 0 Å². The first kappa shape index (κ1) is 15.7. The smallest absolute Gasteiger partial charge is 0.471 e. The Morgan fingerprint density at radius 1 is 1.29 bits per heavy atom. The van der Waals surface area contributed by atoms with Crippen LogP contribution in [0, 0.1) is 0 Å². The van der Waals surface area contributed by atoms with Crippen LogP contribution in [0.5, 0.6) is 0 Å². The second-order valence-corrected chi connectivity index (χ2v) is 4.30. The topological polar surface area (TPSA) is 69.2 Å². The van der Waals surface area contributed by atoms with Gasteiger partial charge in [-0.05, 0) is 0 Å². The van der Waals surface area contributed by atoms with Gasteiger partial charge in [-0.3, -0.25) is 4.79 Å². The molecule has 0 aromatic carbocycles. The molecule has 0 spiro atoms. The van der Waals surface area contributed by atoms with Crippen LogP contribution in [0.2, 0.25) is 0 Å². The summed E-state index contributed by atoms with van der Waals surface area (Å²) in [6.07, 6.45) is -4.63. The van der Waals surface area contributed by atoms with E-state index in [-0.39, 0.29) is 24.0 Å². The number of carboxylic acid groups (broad SMARTS) is 1. The summed E-state index contributed by atoms with van der Waals surface area (Å²) in [5, 5.41) is 12.1. The van der Waals surface area contributed by atoms with Crippen molar-refractivity contribution in [2.75, 3.05) is 33.7 Å². The summed E-state index contributed by atoms with van der Waals surface area (Å²) >= 11 is 0. The molecule has 1 N–H and O–H groups in total. The maximum atomic E-state index is 11.8. The lowest BCUT2D eigenvalue weighted by Gasteiger charge is -2.30. The van der Waals surface area contributed by atoms with E-state index in [4.69, 9.17) is 0 Å². The zero-order valence-electron chi connectivity index (χ0n) is 9.63. The fourth-order valence-electron chi connectivity index (χ4n) is 1.24. The second kappa shape index (κ2) is 5.85. The van der Waals surface area contributed by atoms with Gasteiger partial charge in [0.05, 0.1) is 26.6 Å². The summed E-state index contributed by atoms with van der Waals surface area (Å²) in [5.74, 6) is -3.21. The molecule has 8 heteroatoms. The number of likely N-dealkylation sites (N-methyl/N-ethyl adjacent to an activating group) is 1. The lowest BCUT2D eigenvalue weighted by atomic mass is 10.3. The minimum atomic E-state index is -4.88. The molecule has 0 aliphatic heterocycles. The molecule has 17 heavy (non-hydrogen) atoms. The lowest BCUT2D eigenvalue weighted by Crippen LogP contribution is -2.49. The van der Waals surface area contributed by atoms with Crippen molar-refractivity contribution in [1.29, 1.82) is 0 Å². The Morgan fingerprint density at radius 3 is 2.24 bits per heavy atom. The largest absolute Gasteiger partial charge is 0.544 e. The van der Waals surface area contributed by atoms with Gasteiger partial charge in [-0.1, -0.05) is 0 Å². The van der Waals surface area contributed by atoms with Crippen molar-refractivity contribution in [3.63, 3.8) is 0 Å². The monoisotopic (exact) mass is 256 g/mol. The number of hydrogen-bond acceptors (Lipinski definition) is 3. The minimum Gasteiger partial charge on any atom is -0.544 e. The molecular weight excluding hydrogens is 241 g/mol. The standard InChI is InChI=1S/C9H15F3N2O3/c1-14(2,6-7(15)16)5-3-4-13-8(17)9(10,11)12/h3-6H2,1-2H3,(H-,13,15,16,17). The number of nitrogens with zero attached hydrogens (tertiary/aromatic N) is 1. The number of quaternary nitrogens is 1. The number of alkyl halides is 3.